The Morgan fingerprint density at radius 2 is 1.79 bits per heavy atom. The topological polar surface area (TPSA) is 35.2 Å². The molecule has 2 aliphatic heterocycles. The molecule has 0 amide bonds. The molecule has 3 heterocycles. The molecule has 2 aliphatic rings. The molecule has 5 rings (SSSR count). The predicted molar refractivity (Wildman–Crippen MR) is 121 cm³/mol. The molecule has 9 heteroatoms. The van der Waals surface area contributed by atoms with Gasteiger partial charge in [0.25, 0.3) is 0 Å². The van der Waals surface area contributed by atoms with Gasteiger partial charge in [0.2, 0.25) is 5.95 Å². The number of aromatic amines is 1. The lowest BCUT2D eigenvalue weighted by Gasteiger charge is -2.62. The number of fused-ring (bicyclic) bond motifs is 1. The maximum Gasteiger partial charge on any atom is 0.419 e. The third-order valence-electron chi connectivity index (χ3n) is 7.18. The maximum absolute atomic E-state index is 14.0. The van der Waals surface area contributed by atoms with E-state index in [4.69, 9.17) is 11.6 Å². The number of benzene rings is 2. The van der Waals surface area contributed by atoms with Crippen LogP contribution in [0, 0.1) is 11.2 Å². The number of aromatic nitrogens is 2. The number of likely N-dealkylation sites (tertiary alicyclic amines) is 1. The van der Waals surface area contributed by atoms with Gasteiger partial charge in [-0.3, -0.25) is 4.90 Å². The van der Waals surface area contributed by atoms with Gasteiger partial charge in [0.15, 0.2) is 0 Å². The average molecular weight is 481 g/mol. The smallest absolute Gasteiger partial charge is 0.342 e. The van der Waals surface area contributed by atoms with Crippen molar-refractivity contribution in [3.8, 4) is 0 Å². The minimum atomic E-state index is -4.75. The van der Waals surface area contributed by atoms with E-state index in [-0.39, 0.29) is 16.4 Å². The third kappa shape index (κ3) is 3.87. The number of hydrogen-bond acceptors (Lipinski definition) is 3. The van der Waals surface area contributed by atoms with E-state index in [2.05, 4.69) is 40.8 Å². The molecule has 3 aromatic rings. The van der Waals surface area contributed by atoms with E-state index >= 15 is 0 Å². The largest absolute Gasteiger partial charge is 0.419 e. The van der Waals surface area contributed by atoms with Gasteiger partial charge >= 0.3 is 6.18 Å². The Labute approximate surface area is 194 Å². The lowest BCUT2D eigenvalue weighted by molar-refractivity contribution is -0.139. The second-order valence-electron chi connectivity index (χ2n) is 9.48. The van der Waals surface area contributed by atoms with Gasteiger partial charge in [-0.2, -0.15) is 13.2 Å². The van der Waals surface area contributed by atoms with Crippen LogP contribution < -0.4 is 4.90 Å². The Bertz CT molecular complexity index is 1160. The van der Waals surface area contributed by atoms with Crippen LogP contribution in [0.2, 0.25) is 5.02 Å². The van der Waals surface area contributed by atoms with E-state index in [1.165, 1.54) is 5.56 Å². The summed E-state index contributed by atoms with van der Waals surface area (Å²) in [5.74, 6) is -0.818. The number of anilines is 1. The highest BCUT2D eigenvalue weighted by Gasteiger charge is 2.54. The predicted octanol–water partition coefficient (Wildman–Crippen LogP) is 6.43. The van der Waals surface area contributed by atoms with E-state index < -0.39 is 17.6 Å². The number of imidazole rings is 1. The number of halogens is 5. The van der Waals surface area contributed by atoms with Crippen molar-refractivity contribution in [2.24, 2.45) is 5.41 Å². The molecule has 0 bridgehead atoms. The van der Waals surface area contributed by atoms with Crippen molar-refractivity contribution in [1.82, 2.24) is 14.9 Å². The van der Waals surface area contributed by atoms with Gasteiger partial charge in [-0.15, -0.1) is 0 Å². The van der Waals surface area contributed by atoms with Crippen LogP contribution >= 0.6 is 11.6 Å². The van der Waals surface area contributed by atoms with Crippen LogP contribution in [0.5, 0.6) is 0 Å². The fourth-order valence-electron chi connectivity index (χ4n) is 5.43. The van der Waals surface area contributed by atoms with Crippen molar-refractivity contribution in [3.63, 3.8) is 0 Å². The summed E-state index contributed by atoms with van der Waals surface area (Å²) in [6.45, 7) is 6.86. The Kier molecular flexibility index (Phi) is 5.36. The highest BCUT2D eigenvalue weighted by Crippen LogP contribution is 2.56. The molecule has 33 heavy (non-hydrogen) atoms. The minimum Gasteiger partial charge on any atom is -0.342 e. The number of nitrogens with zero attached hydrogens (tertiary/aromatic N) is 3. The van der Waals surface area contributed by atoms with Gasteiger partial charge in [-0.25, -0.2) is 9.37 Å². The zero-order chi connectivity index (χ0) is 23.5. The molecule has 0 saturated carbocycles. The molecule has 0 aliphatic carbocycles. The molecule has 1 N–H and O–H groups in total. The molecule has 2 fully saturated rings. The van der Waals surface area contributed by atoms with Crippen molar-refractivity contribution < 1.29 is 17.6 Å². The number of alkyl halides is 3. The lowest BCUT2D eigenvalue weighted by atomic mass is 9.62. The van der Waals surface area contributed by atoms with Crippen molar-refractivity contribution in [3.05, 3.63) is 58.4 Å². The van der Waals surface area contributed by atoms with Crippen molar-refractivity contribution in [2.75, 3.05) is 24.5 Å². The second kappa shape index (κ2) is 7.87. The van der Waals surface area contributed by atoms with Gasteiger partial charge in [0, 0.05) is 48.2 Å². The lowest BCUT2D eigenvalue weighted by Crippen LogP contribution is -2.63. The fourth-order valence-corrected chi connectivity index (χ4v) is 5.56. The Hall–Kier alpha value is -2.32. The van der Waals surface area contributed by atoms with Crippen molar-refractivity contribution in [1.29, 1.82) is 0 Å². The van der Waals surface area contributed by atoms with Crippen LogP contribution in [-0.4, -0.2) is 40.5 Å². The zero-order valence-corrected chi connectivity index (χ0v) is 19.1. The molecule has 4 nitrogen and oxygen atoms in total. The maximum atomic E-state index is 14.0. The first-order valence-electron chi connectivity index (χ1n) is 11.1. The first-order valence-corrected chi connectivity index (χ1v) is 11.5. The summed E-state index contributed by atoms with van der Waals surface area (Å²) in [6.07, 6.45) is -2.88. The third-order valence-corrected chi connectivity index (χ3v) is 7.43. The number of H-pyrrole nitrogens is 1. The molecular weight excluding hydrogens is 456 g/mol. The Morgan fingerprint density at radius 3 is 2.39 bits per heavy atom. The van der Waals surface area contributed by atoms with Crippen LogP contribution in [0.15, 0.2) is 36.4 Å². The van der Waals surface area contributed by atoms with Crippen molar-refractivity contribution in [2.45, 2.75) is 44.9 Å². The SMILES string of the molecule is CC(C)N1CC2(CCN(c3nc4cc(F)c(C(F)(F)F)cc4[nH]3)CC2)C1c1ccc(Cl)cc1. The zero-order valence-electron chi connectivity index (χ0n) is 18.4. The number of rotatable bonds is 3. The van der Waals surface area contributed by atoms with Gasteiger partial charge in [-0.05, 0) is 50.5 Å². The molecule has 176 valence electrons. The summed E-state index contributed by atoms with van der Waals surface area (Å²) in [7, 11) is 0. The van der Waals surface area contributed by atoms with Gasteiger partial charge < -0.3 is 9.88 Å². The monoisotopic (exact) mass is 480 g/mol. The van der Waals surface area contributed by atoms with Crippen LogP contribution in [0.1, 0.15) is 43.9 Å². The van der Waals surface area contributed by atoms with Gasteiger partial charge in [0.05, 0.1) is 16.6 Å². The summed E-state index contributed by atoms with van der Waals surface area (Å²) < 4.78 is 53.1. The highest BCUT2D eigenvalue weighted by molar-refractivity contribution is 6.30. The van der Waals surface area contributed by atoms with E-state index in [1.807, 2.05) is 17.0 Å². The van der Waals surface area contributed by atoms with Gasteiger partial charge in [-0.1, -0.05) is 23.7 Å². The minimum absolute atomic E-state index is 0.135. The molecule has 1 atom stereocenters. The van der Waals surface area contributed by atoms with Crippen LogP contribution in [0.4, 0.5) is 23.5 Å². The summed E-state index contributed by atoms with van der Waals surface area (Å²) in [5.41, 5.74) is 0.497. The van der Waals surface area contributed by atoms with Crippen LogP contribution in [0.3, 0.4) is 0 Å². The van der Waals surface area contributed by atoms with Crippen molar-refractivity contribution >= 4 is 28.6 Å². The van der Waals surface area contributed by atoms with Gasteiger partial charge in [0.1, 0.15) is 5.82 Å². The first-order chi connectivity index (χ1) is 15.6. The summed E-state index contributed by atoms with van der Waals surface area (Å²) >= 11 is 6.10. The standard InChI is InChI=1S/C24H25ClF4N4/c1-14(2)33-13-23(21(33)15-3-5-16(25)6-4-15)7-9-32(10-8-23)22-30-19-11-17(24(27,28)29)18(26)12-20(19)31-22/h3-6,11-12,14,21H,7-10,13H2,1-2H3,(H,30,31). The fraction of sp³-hybridized carbons (Fsp3) is 0.458. The number of hydrogen-bond donors (Lipinski definition) is 1. The average Bonchev–Trinajstić information content (AvgIpc) is 3.15. The summed E-state index contributed by atoms with van der Waals surface area (Å²) in [4.78, 5) is 11.9. The number of piperidine rings is 1. The Balaban J connectivity index is 1.37. The molecule has 2 aromatic carbocycles. The molecule has 0 radical (unpaired) electrons. The Morgan fingerprint density at radius 1 is 1.12 bits per heavy atom. The van der Waals surface area contributed by atoms with Crippen LogP contribution in [-0.2, 0) is 6.18 Å². The molecule has 1 aromatic heterocycles. The molecule has 1 spiro atoms. The summed E-state index contributed by atoms with van der Waals surface area (Å²) in [5, 5.41) is 0.716. The normalized spacial score (nSPS) is 21.2. The van der Waals surface area contributed by atoms with E-state index in [9.17, 15) is 17.6 Å². The quantitative estimate of drug-likeness (QED) is 0.439. The molecular formula is C24H25ClF4N4. The van der Waals surface area contributed by atoms with E-state index in [0.29, 0.717) is 23.1 Å². The summed E-state index contributed by atoms with van der Waals surface area (Å²) in [6, 6.07) is 10.4. The van der Waals surface area contributed by atoms with Crippen LogP contribution in [0.25, 0.3) is 11.0 Å². The second-order valence-corrected chi connectivity index (χ2v) is 9.91. The van der Waals surface area contributed by atoms with E-state index in [0.717, 1.165) is 44.6 Å². The molecule has 2 saturated heterocycles. The molecule has 1 unspecified atom stereocenters. The number of nitrogens with one attached hydrogen (secondary N) is 1. The first kappa shape index (κ1) is 22.5. The highest BCUT2D eigenvalue weighted by atomic mass is 35.5. The van der Waals surface area contributed by atoms with E-state index in [1.54, 1.807) is 0 Å².